The van der Waals surface area contributed by atoms with Crippen LogP contribution in [0.5, 0.6) is 0 Å². The van der Waals surface area contributed by atoms with Crippen LogP contribution in [-0.2, 0) is 17.8 Å². The summed E-state index contributed by atoms with van der Waals surface area (Å²) in [5.74, 6) is -1.07. The lowest BCUT2D eigenvalue weighted by Gasteiger charge is -2.16. The summed E-state index contributed by atoms with van der Waals surface area (Å²) in [5, 5.41) is 23.8. The first-order valence-corrected chi connectivity index (χ1v) is 9.19. The molecule has 12 heteroatoms. The Morgan fingerprint density at radius 3 is 2.33 bits per heavy atom. The van der Waals surface area contributed by atoms with Gasteiger partial charge in [0.25, 0.3) is 0 Å². The van der Waals surface area contributed by atoms with Crippen molar-refractivity contribution in [3.8, 4) is 0 Å². The number of carboxylic acids is 1. The van der Waals surface area contributed by atoms with Crippen LogP contribution in [0.3, 0.4) is 0 Å². The molecule has 1 atom stereocenters. The second-order valence-corrected chi connectivity index (χ2v) is 7.10. The van der Waals surface area contributed by atoms with Crippen LogP contribution in [-0.4, -0.2) is 32.0 Å². The van der Waals surface area contributed by atoms with E-state index in [2.05, 4.69) is 31.2 Å². The van der Waals surface area contributed by atoms with Crippen LogP contribution in [0, 0.1) is 10.1 Å². The number of nitro benzene ring substituents is 1. The Bertz CT molecular complexity index is 1210. The molecule has 0 radical (unpaired) electrons. The van der Waals surface area contributed by atoms with Gasteiger partial charge in [-0.05, 0) is 39.5 Å². The van der Waals surface area contributed by atoms with Gasteiger partial charge in [0.05, 0.1) is 14.9 Å². The summed E-state index contributed by atoms with van der Waals surface area (Å²) in [6, 6.07) is 9.51. The quantitative estimate of drug-likeness (QED) is 0.202. The first-order chi connectivity index (χ1) is 13.8. The molecule has 10 nitrogen and oxygen atoms in total. The molecule has 0 fully saturated rings. The lowest BCUT2D eigenvalue weighted by Crippen LogP contribution is -2.38. The summed E-state index contributed by atoms with van der Waals surface area (Å²) in [6.07, 6.45) is 0.218. The Balaban J connectivity index is 0.00000320. The zero-order chi connectivity index (χ0) is 21.1. The minimum atomic E-state index is -1.07. The lowest BCUT2D eigenvalue weighted by atomic mass is 10.1. The Morgan fingerprint density at radius 1 is 1.17 bits per heavy atom. The number of nitrogens with zero attached hydrogens (tertiary/aromatic N) is 1. The first-order valence-electron chi connectivity index (χ1n) is 8.40. The Kier molecular flexibility index (Phi) is 7.65. The molecule has 0 bridgehead atoms. The molecule has 0 saturated heterocycles. The van der Waals surface area contributed by atoms with Gasteiger partial charge in [0.1, 0.15) is 11.6 Å². The van der Waals surface area contributed by atoms with Crippen molar-refractivity contribution < 1.29 is 14.8 Å². The SMILES string of the molecule is Br.O=C(O)[C@H](Cc1ccccc1)NCc1cc(Br)c([N+](=O)[O-])c2[nH]c(=O)c(=O)[nH]c12. The molecule has 0 aliphatic heterocycles. The van der Waals surface area contributed by atoms with Crippen LogP contribution in [0.15, 0.2) is 50.5 Å². The van der Waals surface area contributed by atoms with Crippen LogP contribution >= 0.6 is 32.9 Å². The number of nitrogens with one attached hydrogen (secondary N) is 3. The molecule has 1 aromatic heterocycles. The van der Waals surface area contributed by atoms with Gasteiger partial charge in [0, 0.05) is 6.54 Å². The van der Waals surface area contributed by atoms with Gasteiger partial charge in [-0.15, -0.1) is 17.0 Å². The highest BCUT2D eigenvalue weighted by molar-refractivity contribution is 9.10. The maximum absolute atomic E-state index is 11.7. The number of hydrogen-bond donors (Lipinski definition) is 4. The Hall–Kier alpha value is -2.83. The van der Waals surface area contributed by atoms with Gasteiger partial charge in [0.15, 0.2) is 0 Å². The number of H-pyrrole nitrogens is 2. The number of benzene rings is 2. The Morgan fingerprint density at radius 2 is 1.77 bits per heavy atom. The first kappa shape index (κ1) is 23.4. The van der Waals surface area contributed by atoms with Gasteiger partial charge < -0.3 is 15.1 Å². The normalized spacial score (nSPS) is 11.6. The number of aromatic amines is 2. The maximum atomic E-state index is 11.7. The molecule has 0 aliphatic carbocycles. The molecule has 2 aromatic carbocycles. The number of hydrogen-bond acceptors (Lipinski definition) is 6. The van der Waals surface area contributed by atoms with E-state index in [1.807, 2.05) is 6.07 Å². The molecule has 1 heterocycles. The molecular formula is C18H16Br2N4O6. The number of rotatable bonds is 7. The fraction of sp³-hybridized carbons (Fsp3) is 0.167. The predicted molar refractivity (Wildman–Crippen MR) is 118 cm³/mol. The molecule has 4 N–H and O–H groups in total. The number of carbonyl (C=O) groups is 1. The van der Waals surface area contributed by atoms with Gasteiger partial charge in [-0.1, -0.05) is 30.3 Å². The molecule has 3 aromatic rings. The number of nitro groups is 1. The average molecular weight is 544 g/mol. The summed E-state index contributed by atoms with van der Waals surface area (Å²) >= 11 is 3.10. The van der Waals surface area contributed by atoms with Crippen molar-refractivity contribution in [3.05, 3.63) is 82.8 Å². The number of aromatic nitrogens is 2. The van der Waals surface area contributed by atoms with E-state index in [-0.39, 0.29) is 45.5 Å². The molecule has 0 aliphatic rings. The van der Waals surface area contributed by atoms with Crippen molar-refractivity contribution in [1.82, 2.24) is 15.3 Å². The minimum Gasteiger partial charge on any atom is -0.480 e. The molecule has 158 valence electrons. The third kappa shape index (κ3) is 5.01. The molecule has 3 rings (SSSR count). The number of fused-ring (bicyclic) bond motifs is 1. The van der Waals surface area contributed by atoms with Crippen molar-refractivity contribution in [2.45, 2.75) is 19.0 Å². The van der Waals surface area contributed by atoms with E-state index in [1.54, 1.807) is 24.3 Å². The fourth-order valence-corrected chi connectivity index (χ4v) is 3.56. The minimum absolute atomic E-state index is 0. The van der Waals surface area contributed by atoms with E-state index < -0.39 is 33.7 Å². The second-order valence-electron chi connectivity index (χ2n) is 6.24. The van der Waals surface area contributed by atoms with Crippen molar-refractivity contribution in [2.75, 3.05) is 0 Å². The number of aliphatic carboxylic acids is 1. The molecule has 0 amide bonds. The van der Waals surface area contributed by atoms with E-state index >= 15 is 0 Å². The summed E-state index contributed by atoms with van der Waals surface area (Å²) < 4.78 is 0.0874. The summed E-state index contributed by atoms with van der Waals surface area (Å²) in [6.45, 7) is -0.0150. The fourth-order valence-electron chi connectivity index (χ4n) is 2.94. The lowest BCUT2D eigenvalue weighted by molar-refractivity contribution is -0.384. The smallest absolute Gasteiger partial charge is 0.321 e. The van der Waals surface area contributed by atoms with Crippen molar-refractivity contribution >= 4 is 55.6 Å². The summed E-state index contributed by atoms with van der Waals surface area (Å²) in [7, 11) is 0. The van der Waals surface area contributed by atoms with Crippen LogP contribution in [0.1, 0.15) is 11.1 Å². The van der Waals surface area contributed by atoms with Gasteiger partial charge in [0.2, 0.25) is 0 Å². The van der Waals surface area contributed by atoms with E-state index in [0.29, 0.717) is 5.56 Å². The molecule has 0 saturated carbocycles. The molecular weight excluding hydrogens is 528 g/mol. The summed E-state index contributed by atoms with van der Waals surface area (Å²) in [4.78, 5) is 50.3. The molecule has 0 unspecified atom stereocenters. The number of carboxylic acid groups (broad SMARTS) is 1. The highest BCUT2D eigenvalue weighted by Crippen LogP contribution is 2.33. The maximum Gasteiger partial charge on any atom is 0.321 e. The zero-order valence-electron chi connectivity index (χ0n) is 15.2. The highest BCUT2D eigenvalue weighted by atomic mass is 79.9. The molecule has 30 heavy (non-hydrogen) atoms. The standard InChI is InChI=1S/C18H15BrN4O6.BrH/c19-11-7-10(8-20-12(18(26)27)6-9-4-2-1-3-5-9)13-14(15(11)23(28)29)22-17(25)16(24)21-13;/h1-5,7,12,20H,6,8H2,(H,21,24)(H,22,25)(H,26,27);1H/t12-;/m0./s1. The van der Waals surface area contributed by atoms with Crippen molar-refractivity contribution in [3.63, 3.8) is 0 Å². The zero-order valence-corrected chi connectivity index (χ0v) is 18.5. The number of halogens is 2. The van der Waals surface area contributed by atoms with Crippen LogP contribution in [0.2, 0.25) is 0 Å². The highest BCUT2D eigenvalue weighted by Gasteiger charge is 2.23. The monoisotopic (exact) mass is 542 g/mol. The van der Waals surface area contributed by atoms with Gasteiger partial charge in [-0.3, -0.25) is 29.8 Å². The second kappa shape index (κ2) is 9.78. The van der Waals surface area contributed by atoms with E-state index in [0.717, 1.165) is 5.56 Å². The van der Waals surface area contributed by atoms with E-state index in [4.69, 9.17) is 0 Å². The predicted octanol–water partition coefficient (Wildman–Crippen LogP) is 2.25. The van der Waals surface area contributed by atoms with Gasteiger partial charge in [-0.25, -0.2) is 0 Å². The van der Waals surface area contributed by atoms with Crippen LogP contribution in [0.25, 0.3) is 11.0 Å². The van der Waals surface area contributed by atoms with Crippen molar-refractivity contribution in [2.24, 2.45) is 0 Å². The largest absolute Gasteiger partial charge is 0.480 e. The van der Waals surface area contributed by atoms with Crippen LogP contribution < -0.4 is 16.4 Å². The average Bonchev–Trinajstić information content (AvgIpc) is 2.66. The summed E-state index contributed by atoms with van der Waals surface area (Å²) in [5.41, 5.74) is -1.29. The Labute approximate surface area is 187 Å². The van der Waals surface area contributed by atoms with Crippen molar-refractivity contribution in [1.29, 1.82) is 0 Å². The topological polar surface area (TPSA) is 158 Å². The van der Waals surface area contributed by atoms with Crippen LogP contribution in [0.4, 0.5) is 5.69 Å². The van der Waals surface area contributed by atoms with Gasteiger partial charge >= 0.3 is 22.8 Å². The third-order valence-electron chi connectivity index (χ3n) is 4.32. The third-order valence-corrected chi connectivity index (χ3v) is 4.93. The van der Waals surface area contributed by atoms with E-state index in [1.165, 1.54) is 6.07 Å². The van der Waals surface area contributed by atoms with Gasteiger partial charge in [-0.2, -0.15) is 0 Å². The van der Waals surface area contributed by atoms with E-state index in [9.17, 15) is 29.6 Å². The molecule has 0 spiro atoms.